The summed E-state index contributed by atoms with van der Waals surface area (Å²) >= 11 is 1.39. The fourth-order valence-corrected chi connectivity index (χ4v) is 8.26. The Balaban J connectivity index is 1.13. The summed E-state index contributed by atoms with van der Waals surface area (Å²) in [6.45, 7) is 2.16. The number of carbonyl (C=O) groups is 3. The van der Waals surface area contributed by atoms with Crippen LogP contribution in [0.25, 0.3) is 11.3 Å². The molecule has 5 aliphatic rings. The van der Waals surface area contributed by atoms with Gasteiger partial charge in [0.15, 0.2) is 5.13 Å². The van der Waals surface area contributed by atoms with Crippen LogP contribution in [0.2, 0.25) is 0 Å². The lowest BCUT2D eigenvalue weighted by Crippen LogP contribution is -2.56. The maximum absolute atomic E-state index is 13.9. The van der Waals surface area contributed by atoms with Gasteiger partial charge in [-0.05, 0) is 81.3 Å². The van der Waals surface area contributed by atoms with Gasteiger partial charge < -0.3 is 15.5 Å². The summed E-state index contributed by atoms with van der Waals surface area (Å²) in [5.74, 6) is 2.14. The molecule has 7 nitrogen and oxygen atoms in total. The molecule has 4 aliphatic carbocycles. The Morgan fingerprint density at radius 1 is 1.00 bits per heavy atom. The third kappa shape index (κ3) is 4.26. The van der Waals surface area contributed by atoms with E-state index in [9.17, 15) is 14.4 Å². The zero-order valence-corrected chi connectivity index (χ0v) is 20.9. The lowest BCUT2D eigenvalue weighted by atomic mass is 9.49. The van der Waals surface area contributed by atoms with E-state index >= 15 is 0 Å². The summed E-state index contributed by atoms with van der Waals surface area (Å²) in [5.41, 5.74) is 2.20. The first-order chi connectivity index (χ1) is 16.9. The van der Waals surface area contributed by atoms with Gasteiger partial charge in [-0.2, -0.15) is 0 Å². The minimum Gasteiger partial charge on any atom is -0.330 e. The molecule has 1 unspecified atom stereocenters. The molecule has 35 heavy (non-hydrogen) atoms. The second-order valence-electron chi connectivity index (χ2n) is 11.1. The van der Waals surface area contributed by atoms with Gasteiger partial charge in [0.2, 0.25) is 17.7 Å². The molecule has 1 aromatic carbocycles. The highest BCUT2D eigenvalue weighted by Crippen LogP contribution is 2.60. The first-order valence-corrected chi connectivity index (χ1v) is 13.7. The number of nitrogens with one attached hydrogen (secondary N) is 2. The Morgan fingerprint density at radius 2 is 1.66 bits per heavy atom. The number of anilines is 2. The molecule has 1 saturated heterocycles. The molecule has 5 fully saturated rings. The van der Waals surface area contributed by atoms with E-state index in [1.165, 1.54) is 37.5 Å². The standard InChI is InChI=1S/C27H32N4O3S/c1-16(32)28-21-6-4-20(5-7-21)22-15-35-26(29-22)30-24(33)23-3-2-8-31(23)25(34)27-12-17-9-18(13-27)11-19(10-17)14-27/h4-7,15,17-19,23H,2-3,8-14H2,1H3,(H,28,32)(H,29,30,33). The number of carbonyl (C=O) groups excluding carboxylic acids is 3. The number of hydrogen-bond donors (Lipinski definition) is 2. The molecule has 184 valence electrons. The van der Waals surface area contributed by atoms with E-state index in [2.05, 4.69) is 15.6 Å². The van der Waals surface area contributed by atoms with E-state index in [-0.39, 0.29) is 23.1 Å². The van der Waals surface area contributed by atoms with Crippen molar-refractivity contribution in [1.82, 2.24) is 9.88 Å². The lowest BCUT2D eigenvalue weighted by molar-refractivity contribution is -0.160. The van der Waals surface area contributed by atoms with Gasteiger partial charge in [0.1, 0.15) is 6.04 Å². The Bertz CT molecular complexity index is 1120. The Kier molecular flexibility index (Phi) is 5.66. The molecule has 2 N–H and O–H groups in total. The molecule has 3 amide bonds. The van der Waals surface area contributed by atoms with Crippen LogP contribution in [0.4, 0.5) is 10.8 Å². The van der Waals surface area contributed by atoms with E-state index in [1.807, 2.05) is 34.5 Å². The molecular formula is C27H32N4O3S. The smallest absolute Gasteiger partial charge is 0.248 e. The second kappa shape index (κ2) is 8.73. The van der Waals surface area contributed by atoms with Crippen LogP contribution < -0.4 is 10.6 Å². The van der Waals surface area contributed by atoms with E-state index in [0.29, 0.717) is 35.9 Å². The van der Waals surface area contributed by atoms with Crippen LogP contribution in [0.5, 0.6) is 0 Å². The number of thiazole rings is 1. The quantitative estimate of drug-likeness (QED) is 0.620. The van der Waals surface area contributed by atoms with Crippen LogP contribution in [0.15, 0.2) is 29.6 Å². The number of aromatic nitrogens is 1. The van der Waals surface area contributed by atoms with Crippen molar-refractivity contribution in [2.24, 2.45) is 23.2 Å². The molecule has 1 aliphatic heterocycles. The third-order valence-electron chi connectivity index (χ3n) is 8.54. The fraction of sp³-hybridized carbons (Fsp3) is 0.556. The number of amides is 3. The van der Waals surface area contributed by atoms with Crippen molar-refractivity contribution in [3.8, 4) is 11.3 Å². The summed E-state index contributed by atoms with van der Waals surface area (Å²) in [5, 5.41) is 8.20. The van der Waals surface area contributed by atoms with Crippen molar-refractivity contribution < 1.29 is 14.4 Å². The van der Waals surface area contributed by atoms with Gasteiger partial charge in [-0.1, -0.05) is 12.1 Å². The van der Waals surface area contributed by atoms with Gasteiger partial charge in [-0.15, -0.1) is 11.3 Å². The predicted molar refractivity (Wildman–Crippen MR) is 136 cm³/mol. The van der Waals surface area contributed by atoms with E-state index in [0.717, 1.165) is 42.6 Å². The first-order valence-electron chi connectivity index (χ1n) is 12.8. The van der Waals surface area contributed by atoms with Crippen molar-refractivity contribution in [3.63, 3.8) is 0 Å². The highest BCUT2D eigenvalue weighted by atomic mass is 32.1. The van der Waals surface area contributed by atoms with E-state index in [4.69, 9.17) is 0 Å². The molecule has 1 atom stereocenters. The van der Waals surface area contributed by atoms with E-state index < -0.39 is 6.04 Å². The maximum Gasteiger partial charge on any atom is 0.248 e. The lowest BCUT2D eigenvalue weighted by Gasteiger charge is -2.56. The van der Waals surface area contributed by atoms with Gasteiger partial charge >= 0.3 is 0 Å². The molecule has 0 spiro atoms. The molecule has 0 radical (unpaired) electrons. The average molecular weight is 493 g/mol. The number of likely N-dealkylation sites (tertiary alicyclic amines) is 1. The van der Waals surface area contributed by atoms with Gasteiger partial charge in [-0.25, -0.2) is 4.98 Å². The Morgan fingerprint density at radius 3 is 2.29 bits per heavy atom. The highest BCUT2D eigenvalue weighted by Gasteiger charge is 2.56. The number of benzene rings is 1. The summed E-state index contributed by atoms with van der Waals surface area (Å²) in [4.78, 5) is 44.9. The van der Waals surface area contributed by atoms with Crippen molar-refractivity contribution in [2.75, 3.05) is 17.2 Å². The average Bonchev–Trinajstić information content (AvgIpc) is 3.48. The summed E-state index contributed by atoms with van der Waals surface area (Å²) < 4.78 is 0. The largest absolute Gasteiger partial charge is 0.330 e. The molecule has 7 rings (SSSR count). The van der Waals surface area contributed by atoms with Gasteiger partial charge in [0, 0.05) is 30.1 Å². The monoisotopic (exact) mass is 492 g/mol. The van der Waals surface area contributed by atoms with E-state index in [1.54, 1.807) is 0 Å². The van der Waals surface area contributed by atoms with Crippen molar-refractivity contribution in [1.29, 1.82) is 0 Å². The van der Waals surface area contributed by atoms with Crippen molar-refractivity contribution in [3.05, 3.63) is 29.6 Å². The molecule has 8 heteroatoms. The zero-order valence-electron chi connectivity index (χ0n) is 20.1. The molecule has 1 aromatic heterocycles. The SMILES string of the molecule is CC(=O)Nc1ccc(-c2csc(NC(=O)C3CCCN3C(=O)C34CC5CC(CC(C5)C3)C4)n2)cc1. The van der Waals surface area contributed by atoms with Crippen LogP contribution in [0, 0.1) is 23.2 Å². The molecular weight excluding hydrogens is 460 g/mol. The second-order valence-corrected chi connectivity index (χ2v) is 12.0. The minimum atomic E-state index is -0.403. The number of hydrogen-bond acceptors (Lipinski definition) is 5. The zero-order chi connectivity index (χ0) is 24.2. The van der Waals surface area contributed by atoms with Gasteiger partial charge in [-0.3, -0.25) is 14.4 Å². The van der Waals surface area contributed by atoms with Crippen LogP contribution in [0.3, 0.4) is 0 Å². The van der Waals surface area contributed by atoms with Crippen LogP contribution >= 0.6 is 11.3 Å². The third-order valence-corrected chi connectivity index (χ3v) is 9.30. The summed E-state index contributed by atoms with van der Waals surface area (Å²) in [6, 6.07) is 7.06. The molecule has 4 saturated carbocycles. The highest BCUT2D eigenvalue weighted by molar-refractivity contribution is 7.14. The first kappa shape index (κ1) is 22.7. The topological polar surface area (TPSA) is 91.4 Å². The molecule has 2 aromatic rings. The predicted octanol–water partition coefficient (Wildman–Crippen LogP) is 4.91. The fourth-order valence-electron chi connectivity index (χ4n) is 7.54. The Hall–Kier alpha value is -2.74. The van der Waals surface area contributed by atoms with Crippen molar-refractivity contribution in [2.45, 2.75) is 64.3 Å². The maximum atomic E-state index is 13.9. The molecule has 4 bridgehead atoms. The van der Waals surface area contributed by atoms with Crippen molar-refractivity contribution >= 4 is 39.9 Å². The minimum absolute atomic E-state index is 0.112. The Labute approximate surface area is 209 Å². The normalized spacial score (nSPS) is 30.9. The number of rotatable bonds is 5. The van der Waals surface area contributed by atoms with Gasteiger partial charge in [0.25, 0.3) is 0 Å². The van der Waals surface area contributed by atoms with Crippen LogP contribution in [-0.2, 0) is 14.4 Å². The molecule has 2 heterocycles. The van der Waals surface area contributed by atoms with Gasteiger partial charge in [0.05, 0.1) is 11.1 Å². The number of nitrogens with zero attached hydrogens (tertiary/aromatic N) is 2. The van der Waals surface area contributed by atoms with Crippen LogP contribution in [0.1, 0.15) is 58.3 Å². The summed E-state index contributed by atoms with van der Waals surface area (Å²) in [7, 11) is 0. The van der Waals surface area contributed by atoms with Crippen LogP contribution in [-0.4, -0.2) is 40.2 Å². The summed E-state index contributed by atoms with van der Waals surface area (Å²) in [6.07, 6.45) is 8.58.